The van der Waals surface area contributed by atoms with Gasteiger partial charge >= 0.3 is 11.5 Å². The second-order valence-corrected chi connectivity index (χ2v) is 3.07. The van der Waals surface area contributed by atoms with E-state index in [0.717, 1.165) is 0 Å². The Morgan fingerprint density at radius 2 is 2.19 bits per heavy atom. The molecular weight excluding hydrogens is 212 g/mol. The first-order valence-electron chi connectivity index (χ1n) is 4.65. The molecule has 0 radical (unpaired) electrons. The molecule has 8 heteroatoms. The van der Waals surface area contributed by atoms with Crippen molar-refractivity contribution in [3.63, 3.8) is 0 Å². The average molecular weight is 222 g/mol. The molecule has 0 aliphatic carbocycles. The van der Waals surface area contributed by atoms with Crippen LogP contribution in [0, 0.1) is 10.4 Å². The van der Waals surface area contributed by atoms with Gasteiger partial charge in [-0.25, -0.2) is 4.73 Å². The van der Waals surface area contributed by atoms with Gasteiger partial charge in [-0.2, -0.15) is 0 Å². The highest BCUT2D eigenvalue weighted by Gasteiger charge is 2.19. The van der Waals surface area contributed by atoms with Gasteiger partial charge in [-0.05, 0) is 0 Å². The molecule has 0 unspecified atom stereocenters. The molecule has 8 nitrogen and oxygen atoms in total. The van der Waals surface area contributed by atoms with E-state index in [1.165, 1.54) is 18.5 Å². The van der Waals surface area contributed by atoms with Crippen LogP contribution in [-0.4, -0.2) is 23.2 Å². The molecule has 3 N–H and O–H groups in total. The Hall–Kier alpha value is -2.22. The van der Waals surface area contributed by atoms with Gasteiger partial charge in [0.1, 0.15) is 6.20 Å². The summed E-state index contributed by atoms with van der Waals surface area (Å²) in [4.78, 5) is 4.11. The SMILES string of the molecule is NCCNc1n[n+]([O-])c2cnccc2[n+]1[O-]. The van der Waals surface area contributed by atoms with E-state index in [-0.39, 0.29) is 17.0 Å². The quantitative estimate of drug-likeness (QED) is 0.470. The predicted molar refractivity (Wildman–Crippen MR) is 55.0 cm³/mol. The molecule has 0 aromatic carbocycles. The molecule has 0 fully saturated rings. The van der Waals surface area contributed by atoms with E-state index in [2.05, 4.69) is 15.4 Å². The number of hydrogen-bond acceptors (Lipinski definition) is 6. The van der Waals surface area contributed by atoms with Crippen LogP contribution in [0.4, 0.5) is 5.95 Å². The summed E-state index contributed by atoms with van der Waals surface area (Å²) in [6.07, 6.45) is 2.72. The number of nitrogens with zero attached hydrogens (tertiary/aromatic N) is 4. The molecule has 0 aliphatic rings. The minimum Gasteiger partial charge on any atom is -0.739 e. The monoisotopic (exact) mass is 222 g/mol. The molecule has 2 aromatic heterocycles. The summed E-state index contributed by atoms with van der Waals surface area (Å²) in [6, 6.07) is 1.45. The van der Waals surface area contributed by atoms with Crippen LogP contribution in [0.25, 0.3) is 11.0 Å². The van der Waals surface area contributed by atoms with Crippen molar-refractivity contribution in [2.24, 2.45) is 5.73 Å². The minimum absolute atomic E-state index is 0.0702. The van der Waals surface area contributed by atoms with Crippen molar-refractivity contribution in [3.05, 3.63) is 28.9 Å². The molecule has 2 rings (SSSR count). The topological polar surface area (TPSA) is 118 Å². The Morgan fingerprint density at radius 3 is 2.94 bits per heavy atom. The molecule has 0 saturated heterocycles. The van der Waals surface area contributed by atoms with Gasteiger partial charge in [0.05, 0.1) is 6.54 Å². The van der Waals surface area contributed by atoms with Crippen LogP contribution >= 0.6 is 0 Å². The second-order valence-electron chi connectivity index (χ2n) is 3.07. The molecule has 2 aromatic rings. The van der Waals surface area contributed by atoms with E-state index in [0.29, 0.717) is 22.7 Å². The van der Waals surface area contributed by atoms with Gasteiger partial charge in [-0.1, -0.05) is 0 Å². The summed E-state index contributed by atoms with van der Waals surface area (Å²) in [7, 11) is 0. The zero-order valence-corrected chi connectivity index (χ0v) is 8.33. The van der Waals surface area contributed by atoms with Crippen LogP contribution in [0.3, 0.4) is 0 Å². The lowest BCUT2D eigenvalue weighted by atomic mass is 10.4. The highest BCUT2D eigenvalue weighted by Crippen LogP contribution is 2.03. The number of fused-ring (bicyclic) bond motifs is 1. The van der Waals surface area contributed by atoms with Crippen molar-refractivity contribution in [3.8, 4) is 0 Å². The molecule has 16 heavy (non-hydrogen) atoms. The van der Waals surface area contributed by atoms with Crippen molar-refractivity contribution in [2.75, 3.05) is 18.4 Å². The summed E-state index contributed by atoms with van der Waals surface area (Å²) in [5.41, 5.74) is 5.61. The molecule has 0 saturated carbocycles. The summed E-state index contributed by atoms with van der Waals surface area (Å²) in [5, 5.41) is 29.4. The lowest BCUT2D eigenvalue weighted by Crippen LogP contribution is -2.44. The third kappa shape index (κ3) is 1.65. The summed E-state index contributed by atoms with van der Waals surface area (Å²) in [6.45, 7) is 0.709. The highest BCUT2D eigenvalue weighted by molar-refractivity contribution is 5.65. The van der Waals surface area contributed by atoms with Crippen molar-refractivity contribution in [1.29, 1.82) is 0 Å². The third-order valence-electron chi connectivity index (χ3n) is 2.01. The van der Waals surface area contributed by atoms with Gasteiger partial charge in [0, 0.05) is 23.7 Å². The van der Waals surface area contributed by atoms with Gasteiger partial charge in [-0.3, -0.25) is 10.3 Å². The highest BCUT2D eigenvalue weighted by atomic mass is 16.5. The Kier molecular flexibility index (Phi) is 2.64. The molecule has 2 heterocycles. The van der Waals surface area contributed by atoms with Crippen molar-refractivity contribution >= 4 is 17.0 Å². The number of aromatic nitrogens is 4. The maximum atomic E-state index is 11.8. The first-order chi connectivity index (χ1) is 7.74. The summed E-state index contributed by atoms with van der Waals surface area (Å²) in [5.74, 6) is -0.0702. The first-order valence-corrected chi connectivity index (χ1v) is 4.65. The van der Waals surface area contributed by atoms with Gasteiger partial charge in [0.25, 0.3) is 0 Å². The number of rotatable bonds is 3. The number of pyridine rings is 1. The maximum absolute atomic E-state index is 11.8. The average Bonchev–Trinajstić information content (AvgIpc) is 2.32. The lowest BCUT2D eigenvalue weighted by molar-refractivity contribution is -0.672. The lowest BCUT2D eigenvalue weighted by Gasteiger charge is -2.08. The van der Waals surface area contributed by atoms with Crippen molar-refractivity contribution in [2.45, 2.75) is 0 Å². The minimum atomic E-state index is -0.0702. The van der Waals surface area contributed by atoms with Crippen LogP contribution in [0.2, 0.25) is 0 Å². The molecule has 84 valence electrons. The molecule has 0 amide bonds. The number of hydrogen-bond donors (Lipinski definition) is 2. The van der Waals surface area contributed by atoms with E-state index >= 15 is 0 Å². The normalized spacial score (nSPS) is 10.6. The molecule has 0 spiro atoms. The maximum Gasteiger partial charge on any atom is 0.461 e. The Labute approximate surface area is 90.5 Å². The molecule has 0 aliphatic heterocycles. The first kappa shape index (κ1) is 10.3. The van der Waals surface area contributed by atoms with Gasteiger partial charge in [0.2, 0.25) is 5.10 Å². The van der Waals surface area contributed by atoms with E-state index in [9.17, 15) is 10.4 Å². The third-order valence-corrected chi connectivity index (χ3v) is 2.01. The zero-order chi connectivity index (χ0) is 11.5. The van der Waals surface area contributed by atoms with Crippen LogP contribution in [-0.2, 0) is 0 Å². The Balaban J connectivity index is 2.56. The molecule has 0 atom stereocenters. The van der Waals surface area contributed by atoms with Crippen LogP contribution < -0.4 is 20.6 Å². The number of anilines is 1. The van der Waals surface area contributed by atoms with Crippen LogP contribution in [0.1, 0.15) is 0 Å². The molecule has 0 bridgehead atoms. The summed E-state index contributed by atoms with van der Waals surface area (Å²) < 4.78 is 0.543. The van der Waals surface area contributed by atoms with E-state index in [4.69, 9.17) is 5.73 Å². The van der Waals surface area contributed by atoms with E-state index < -0.39 is 0 Å². The van der Waals surface area contributed by atoms with E-state index in [1.807, 2.05) is 0 Å². The van der Waals surface area contributed by atoms with E-state index in [1.54, 1.807) is 0 Å². The standard InChI is InChI=1S/C8H10N6O2/c9-2-4-11-8-12-14(16)7-5-10-3-1-6(7)13(8)15/h1,3,5H,2,4,9H2,(H,11,12). The number of nitrogens with two attached hydrogens (primary N) is 1. The van der Waals surface area contributed by atoms with Gasteiger partial charge in [0.15, 0.2) is 5.52 Å². The number of nitrogens with one attached hydrogen (secondary N) is 1. The fourth-order valence-corrected chi connectivity index (χ4v) is 1.28. The van der Waals surface area contributed by atoms with Crippen molar-refractivity contribution < 1.29 is 9.58 Å². The van der Waals surface area contributed by atoms with Crippen molar-refractivity contribution in [1.82, 2.24) is 10.1 Å². The zero-order valence-electron chi connectivity index (χ0n) is 8.33. The predicted octanol–water partition coefficient (Wildman–Crippen LogP) is -1.73. The fourth-order valence-electron chi connectivity index (χ4n) is 1.28. The van der Waals surface area contributed by atoms with Crippen LogP contribution in [0.5, 0.6) is 0 Å². The summed E-state index contributed by atoms with van der Waals surface area (Å²) >= 11 is 0. The van der Waals surface area contributed by atoms with Crippen LogP contribution in [0.15, 0.2) is 18.5 Å². The van der Waals surface area contributed by atoms with Gasteiger partial charge < -0.3 is 16.1 Å². The second kappa shape index (κ2) is 4.11. The Bertz CT molecular complexity index is 517. The molecular formula is C8H10N6O2. The largest absolute Gasteiger partial charge is 0.739 e. The Morgan fingerprint density at radius 1 is 1.38 bits per heavy atom. The fraction of sp³-hybridized carbons (Fsp3) is 0.250. The van der Waals surface area contributed by atoms with Gasteiger partial charge in [-0.15, -0.1) is 0 Å². The smallest absolute Gasteiger partial charge is 0.461 e.